The van der Waals surface area contributed by atoms with E-state index in [0.717, 1.165) is 5.69 Å². The van der Waals surface area contributed by atoms with Crippen LogP contribution in [0.5, 0.6) is 0 Å². The molecular formula is C48H30N2. The van der Waals surface area contributed by atoms with Crippen molar-refractivity contribution in [2.75, 3.05) is 0 Å². The normalized spacial score (nSPS) is 12.0. The maximum absolute atomic E-state index is 2.47. The van der Waals surface area contributed by atoms with E-state index in [0.29, 0.717) is 0 Å². The molecule has 0 amide bonds. The van der Waals surface area contributed by atoms with Crippen molar-refractivity contribution in [3.8, 4) is 22.5 Å². The molecule has 0 aliphatic carbocycles. The van der Waals surface area contributed by atoms with Gasteiger partial charge in [-0.2, -0.15) is 0 Å². The van der Waals surface area contributed by atoms with Crippen molar-refractivity contribution >= 4 is 75.9 Å². The molecule has 50 heavy (non-hydrogen) atoms. The average Bonchev–Trinajstić information content (AvgIpc) is 3.69. The molecule has 0 bridgehead atoms. The SMILES string of the molecule is c1ccc(-c2ccc(-n3c4ccccc4c4cc5c6ccccc6n(-c6ccc7c8ccccc8c8ccccc8c7c6)c5cc43)cc2)cc1. The predicted molar refractivity (Wildman–Crippen MR) is 213 cm³/mol. The first-order valence-corrected chi connectivity index (χ1v) is 17.3. The molecule has 0 unspecified atom stereocenters. The quantitative estimate of drug-likeness (QED) is 0.171. The van der Waals surface area contributed by atoms with E-state index in [4.69, 9.17) is 0 Å². The van der Waals surface area contributed by atoms with Crippen molar-refractivity contribution in [2.24, 2.45) is 0 Å². The third kappa shape index (κ3) is 3.85. The summed E-state index contributed by atoms with van der Waals surface area (Å²) in [5.41, 5.74) is 9.59. The minimum atomic E-state index is 1.15. The van der Waals surface area contributed by atoms with Crippen LogP contribution >= 0.6 is 0 Å². The fourth-order valence-corrected chi connectivity index (χ4v) is 8.46. The Hall–Kier alpha value is -6.64. The molecule has 9 aromatic carbocycles. The Labute approximate surface area is 288 Å². The maximum atomic E-state index is 2.47. The third-order valence-corrected chi connectivity index (χ3v) is 10.7. The summed E-state index contributed by atoms with van der Waals surface area (Å²) in [6.45, 7) is 0. The van der Waals surface area contributed by atoms with Crippen LogP contribution in [0.15, 0.2) is 182 Å². The summed E-state index contributed by atoms with van der Waals surface area (Å²) in [4.78, 5) is 0. The molecule has 11 aromatic rings. The van der Waals surface area contributed by atoms with E-state index in [-0.39, 0.29) is 0 Å². The van der Waals surface area contributed by atoms with Gasteiger partial charge in [0.1, 0.15) is 0 Å². The first-order chi connectivity index (χ1) is 24.8. The lowest BCUT2D eigenvalue weighted by atomic mass is 9.94. The van der Waals surface area contributed by atoms with Crippen LogP contribution in [0.2, 0.25) is 0 Å². The van der Waals surface area contributed by atoms with Crippen molar-refractivity contribution in [1.29, 1.82) is 0 Å². The molecule has 0 radical (unpaired) electrons. The Kier molecular flexibility index (Phi) is 5.70. The summed E-state index contributed by atoms with van der Waals surface area (Å²) in [6, 6.07) is 66.7. The molecule has 0 aliphatic heterocycles. The van der Waals surface area contributed by atoms with Crippen LogP contribution in [0.3, 0.4) is 0 Å². The Morgan fingerprint density at radius 3 is 1.22 bits per heavy atom. The van der Waals surface area contributed by atoms with Gasteiger partial charge >= 0.3 is 0 Å². The fraction of sp³-hybridized carbons (Fsp3) is 0. The lowest BCUT2D eigenvalue weighted by Crippen LogP contribution is -1.96. The van der Waals surface area contributed by atoms with Crippen LogP contribution in [-0.4, -0.2) is 9.13 Å². The summed E-state index contributed by atoms with van der Waals surface area (Å²) in [5, 5.41) is 12.8. The van der Waals surface area contributed by atoms with Crippen molar-refractivity contribution in [2.45, 2.75) is 0 Å². The Morgan fingerprint density at radius 1 is 0.220 bits per heavy atom. The fourth-order valence-electron chi connectivity index (χ4n) is 8.46. The number of hydrogen-bond donors (Lipinski definition) is 0. The highest BCUT2D eigenvalue weighted by atomic mass is 15.0. The molecule has 0 fully saturated rings. The molecule has 11 rings (SSSR count). The van der Waals surface area contributed by atoms with Crippen molar-refractivity contribution < 1.29 is 0 Å². The summed E-state index contributed by atoms with van der Waals surface area (Å²) in [6.07, 6.45) is 0. The van der Waals surface area contributed by atoms with Crippen molar-refractivity contribution in [3.05, 3.63) is 182 Å². The average molecular weight is 635 g/mol. The van der Waals surface area contributed by atoms with E-state index in [1.54, 1.807) is 0 Å². The first-order valence-electron chi connectivity index (χ1n) is 17.3. The topological polar surface area (TPSA) is 9.86 Å². The van der Waals surface area contributed by atoms with E-state index in [1.165, 1.54) is 92.7 Å². The highest BCUT2D eigenvalue weighted by Crippen LogP contribution is 2.41. The summed E-state index contributed by atoms with van der Waals surface area (Å²) >= 11 is 0. The third-order valence-electron chi connectivity index (χ3n) is 10.7. The van der Waals surface area contributed by atoms with Gasteiger partial charge in [-0.25, -0.2) is 0 Å². The smallest absolute Gasteiger partial charge is 0.0562 e. The minimum Gasteiger partial charge on any atom is -0.309 e. The maximum Gasteiger partial charge on any atom is 0.0562 e. The highest BCUT2D eigenvalue weighted by molar-refractivity contribution is 6.26. The van der Waals surface area contributed by atoms with Crippen LogP contribution in [0, 0.1) is 0 Å². The van der Waals surface area contributed by atoms with Crippen molar-refractivity contribution in [1.82, 2.24) is 9.13 Å². The van der Waals surface area contributed by atoms with E-state index in [9.17, 15) is 0 Å². The van der Waals surface area contributed by atoms with Gasteiger partial charge in [0, 0.05) is 32.9 Å². The molecule has 0 saturated heterocycles. The summed E-state index contributed by atoms with van der Waals surface area (Å²) < 4.78 is 4.90. The van der Waals surface area contributed by atoms with Crippen LogP contribution in [0.4, 0.5) is 0 Å². The van der Waals surface area contributed by atoms with Gasteiger partial charge in [-0.1, -0.05) is 133 Å². The molecule has 0 atom stereocenters. The zero-order chi connectivity index (χ0) is 32.8. The highest BCUT2D eigenvalue weighted by Gasteiger charge is 2.19. The van der Waals surface area contributed by atoms with Crippen molar-refractivity contribution in [3.63, 3.8) is 0 Å². The van der Waals surface area contributed by atoms with Gasteiger partial charge < -0.3 is 9.13 Å². The van der Waals surface area contributed by atoms with Crippen LogP contribution < -0.4 is 0 Å². The number of rotatable bonds is 3. The standard InChI is InChI=1S/C48H30N2/c1-2-12-31(13-3-1)32-22-24-33(25-23-32)49-45-20-10-8-18-40(45)43-29-44-41-19-9-11-21-46(41)50(48(44)30-47(43)49)34-26-27-39-37-16-5-4-14-35(37)36-15-6-7-17-38(36)42(39)28-34/h1-30H. The molecule has 2 heterocycles. The van der Waals surface area contributed by atoms with Gasteiger partial charge in [-0.3, -0.25) is 0 Å². The number of para-hydroxylation sites is 2. The number of fused-ring (bicyclic) bond motifs is 12. The number of aromatic nitrogens is 2. The van der Waals surface area contributed by atoms with Gasteiger partial charge in [-0.05, 0) is 92.0 Å². The second-order valence-corrected chi connectivity index (χ2v) is 13.3. The molecule has 0 N–H and O–H groups in total. The summed E-state index contributed by atoms with van der Waals surface area (Å²) in [7, 11) is 0. The van der Waals surface area contributed by atoms with E-state index in [2.05, 4.69) is 191 Å². The molecule has 0 spiro atoms. The number of hydrogen-bond acceptors (Lipinski definition) is 0. The molecular weight excluding hydrogens is 605 g/mol. The Balaban J connectivity index is 1.21. The predicted octanol–water partition coefficient (Wildman–Crippen LogP) is 13.0. The van der Waals surface area contributed by atoms with Gasteiger partial charge in [0.25, 0.3) is 0 Å². The monoisotopic (exact) mass is 634 g/mol. The Morgan fingerprint density at radius 2 is 0.640 bits per heavy atom. The molecule has 2 nitrogen and oxygen atoms in total. The van der Waals surface area contributed by atoms with E-state index >= 15 is 0 Å². The number of nitrogens with zero attached hydrogens (tertiary/aromatic N) is 2. The molecule has 0 saturated carbocycles. The second-order valence-electron chi connectivity index (χ2n) is 13.3. The molecule has 2 aromatic heterocycles. The molecule has 232 valence electrons. The lowest BCUT2D eigenvalue weighted by Gasteiger charge is -2.14. The van der Waals surface area contributed by atoms with E-state index in [1.807, 2.05) is 0 Å². The summed E-state index contributed by atoms with van der Waals surface area (Å²) in [5.74, 6) is 0. The first kappa shape index (κ1) is 27.3. The van der Waals surface area contributed by atoms with E-state index < -0.39 is 0 Å². The molecule has 0 aliphatic rings. The lowest BCUT2D eigenvalue weighted by molar-refractivity contribution is 1.17. The van der Waals surface area contributed by atoms with Gasteiger partial charge in [0.05, 0.1) is 22.1 Å². The van der Waals surface area contributed by atoms with Crippen LogP contribution in [0.1, 0.15) is 0 Å². The van der Waals surface area contributed by atoms with Crippen LogP contribution in [-0.2, 0) is 0 Å². The van der Waals surface area contributed by atoms with Gasteiger partial charge in [0.2, 0.25) is 0 Å². The Bertz CT molecular complexity index is 3090. The second kappa shape index (κ2) is 10.4. The van der Waals surface area contributed by atoms with Gasteiger partial charge in [-0.15, -0.1) is 0 Å². The zero-order valence-electron chi connectivity index (χ0n) is 27.2. The van der Waals surface area contributed by atoms with Gasteiger partial charge in [0.15, 0.2) is 0 Å². The van der Waals surface area contributed by atoms with Crippen LogP contribution in [0.25, 0.3) is 98.4 Å². The largest absolute Gasteiger partial charge is 0.309 e. The minimum absolute atomic E-state index is 1.15. The zero-order valence-corrected chi connectivity index (χ0v) is 27.2. The molecule has 2 heteroatoms. The number of benzene rings is 9.